The van der Waals surface area contributed by atoms with Gasteiger partial charge in [0.15, 0.2) is 0 Å². The summed E-state index contributed by atoms with van der Waals surface area (Å²) in [5, 5.41) is 0. The van der Waals surface area contributed by atoms with Gasteiger partial charge in [-0.3, -0.25) is 9.59 Å². The Bertz CT molecular complexity index is 762. The molecule has 4 saturated carbocycles. The highest BCUT2D eigenvalue weighted by atomic mass is 16.5. The van der Waals surface area contributed by atoms with E-state index in [0.717, 1.165) is 48.3 Å². The molecule has 4 aliphatic carbocycles. The van der Waals surface area contributed by atoms with Crippen LogP contribution in [0, 0.1) is 23.2 Å². The number of amides is 2. The third kappa shape index (κ3) is 3.53. The molecule has 29 heavy (non-hydrogen) atoms. The molecule has 0 aromatic heterocycles. The Morgan fingerprint density at radius 3 is 2.14 bits per heavy atom. The van der Waals surface area contributed by atoms with Crippen molar-refractivity contribution in [2.45, 2.75) is 44.9 Å². The Hall–Kier alpha value is -2.04. The topological polar surface area (TPSA) is 49.9 Å². The van der Waals surface area contributed by atoms with Crippen LogP contribution in [0.25, 0.3) is 0 Å². The largest absolute Gasteiger partial charge is 0.497 e. The van der Waals surface area contributed by atoms with Crippen molar-refractivity contribution in [2.24, 2.45) is 23.2 Å². The van der Waals surface area contributed by atoms with Crippen LogP contribution in [-0.4, -0.2) is 54.9 Å². The van der Waals surface area contributed by atoms with Crippen molar-refractivity contribution in [3.63, 3.8) is 0 Å². The van der Waals surface area contributed by atoms with E-state index in [-0.39, 0.29) is 11.3 Å². The van der Waals surface area contributed by atoms with Gasteiger partial charge in [0.2, 0.25) is 11.8 Å². The van der Waals surface area contributed by atoms with Gasteiger partial charge >= 0.3 is 0 Å². The maximum atomic E-state index is 13.5. The molecular weight excluding hydrogens is 364 g/mol. The maximum Gasteiger partial charge on any atom is 0.228 e. The number of carbonyl (C=O) groups is 2. The zero-order chi connectivity index (χ0) is 20.0. The number of ether oxygens (including phenoxy) is 1. The summed E-state index contributed by atoms with van der Waals surface area (Å²) >= 11 is 0. The molecule has 1 heterocycles. The first kappa shape index (κ1) is 19.0. The van der Waals surface area contributed by atoms with Crippen molar-refractivity contribution in [3.8, 4) is 5.75 Å². The summed E-state index contributed by atoms with van der Waals surface area (Å²) in [5.41, 5.74) is 0.906. The summed E-state index contributed by atoms with van der Waals surface area (Å²) in [6.45, 7) is 2.68. The van der Waals surface area contributed by atoms with Crippen LogP contribution < -0.4 is 4.74 Å². The van der Waals surface area contributed by atoms with Crippen molar-refractivity contribution >= 4 is 11.8 Å². The Kier molecular flexibility index (Phi) is 4.79. The minimum Gasteiger partial charge on any atom is -0.497 e. The molecule has 1 aromatic carbocycles. The van der Waals surface area contributed by atoms with Crippen LogP contribution in [0.4, 0.5) is 0 Å². The zero-order valence-electron chi connectivity index (χ0n) is 17.4. The minimum absolute atomic E-state index is 0.0679. The van der Waals surface area contributed by atoms with Crippen molar-refractivity contribution in [2.75, 3.05) is 33.3 Å². The first-order valence-corrected chi connectivity index (χ1v) is 11.2. The van der Waals surface area contributed by atoms with E-state index in [9.17, 15) is 9.59 Å². The maximum absolute atomic E-state index is 13.5. The van der Waals surface area contributed by atoms with Gasteiger partial charge in [-0.1, -0.05) is 12.1 Å². The predicted octanol–water partition coefficient (Wildman–Crippen LogP) is 3.12. The molecule has 5 aliphatic rings. The van der Waals surface area contributed by atoms with Gasteiger partial charge < -0.3 is 14.5 Å². The third-order valence-corrected chi connectivity index (χ3v) is 7.90. The molecule has 5 heteroatoms. The van der Waals surface area contributed by atoms with Crippen LogP contribution >= 0.6 is 0 Å². The molecular formula is C24H32N2O3. The monoisotopic (exact) mass is 396 g/mol. The average molecular weight is 397 g/mol. The number of nitrogens with zero attached hydrogens (tertiary/aromatic N) is 2. The van der Waals surface area contributed by atoms with Crippen molar-refractivity contribution in [1.29, 1.82) is 0 Å². The first-order chi connectivity index (χ1) is 14.0. The van der Waals surface area contributed by atoms with E-state index in [2.05, 4.69) is 4.90 Å². The fourth-order valence-corrected chi connectivity index (χ4v) is 6.94. The third-order valence-electron chi connectivity index (χ3n) is 7.90. The standard InChI is InChI=1S/C24H32N2O3/c1-29-21-4-2-3-17(12-21)13-22(27)25-5-7-26(8-6-25)23(28)24-14-18-9-19(15-24)11-20(10-18)16-24/h2-4,12,18-20H,5-11,13-16H2,1H3. The van der Waals surface area contributed by atoms with Crippen LogP contribution in [-0.2, 0) is 16.0 Å². The van der Waals surface area contributed by atoms with Crippen molar-refractivity contribution in [3.05, 3.63) is 29.8 Å². The molecule has 156 valence electrons. The highest BCUT2D eigenvalue weighted by Gasteiger charge is 2.55. The Morgan fingerprint density at radius 1 is 0.966 bits per heavy atom. The summed E-state index contributed by atoms with van der Waals surface area (Å²) in [7, 11) is 1.64. The lowest BCUT2D eigenvalue weighted by atomic mass is 9.49. The van der Waals surface area contributed by atoms with Gasteiger partial charge in [0, 0.05) is 26.2 Å². The van der Waals surface area contributed by atoms with E-state index in [1.165, 1.54) is 19.3 Å². The van der Waals surface area contributed by atoms with Gasteiger partial charge in [-0.2, -0.15) is 0 Å². The van der Waals surface area contributed by atoms with Crippen LogP contribution in [0.15, 0.2) is 24.3 Å². The lowest BCUT2D eigenvalue weighted by Crippen LogP contribution is -2.58. The Morgan fingerprint density at radius 2 is 1.55 bits per heavy atom. The summed E-state index contributed by atoms with van der Waals surface area (Å²) in [4.78, 5) is 30.2. The summed E-state index contributed by atoms with van der Waals surface area (Å²) in [6.07, 6.45) is 7.82. The van der Waals surface area contributed by atoms with Crippen molar-refractivity contribution in [1.82, 2.24) is 9.80 Å². The van der Waals surface area contributed by atoms with Gasteiger partial charge in [0.05, 0.1) is 18.9 Å². The van der Waals surface area contributed by atoms with E-state index < -0.39 is 0 Å². The van der Waals surface area contributed by atoms with E-state index in [0.29, 0.717) is 38.5 Å². The fourth-order valence-electron chi connectivity index (χ4n) is 6.94. The molecule has 0 N–H and O–H groups in total. The molecule has 5 nitrogen and oxygen atoms in total. The highest BCUT2D eigenvalue weighted by molar-refractivity contribution is 5.84. The van der Waals surface area contributed by atoms with Crippen LogP contribution in [0.3, 0.4) is 0 Å². The quantitative estimate of drug-likeness (QED) is 0.786. The lowest BCUT2D eigenvalue weighted by Gasteiger charge is -2.57. The second-order valence-corrected chi connectivity index (χ2v) is 9.90. The first-order valence-electron chi connectivity index (χ1n) is 11.2. The number of benzene rings is 1. The van der Waals surface area contributed by atoms with Gasteiger partial charge in [0.25, 0.3) is 0 Å². The van der Waals surface area contributed by atoms with Crippen LogP contribution in [0.2, 0.25) is 0 Å². The number of carbonyl (C=O) groups excluding carboxylic acids is 2. The number of rotatable bonds is 4. The van der Waals surface area contributed by atoms with E-state index in [4.69, 9.17) is 4.74 Å². The van der Waals surface area contributed by atoms with Gasteiger partial charge in [-0.05, 0) is 74.0 Å². The molecule has 1 aliphatic heterocycles. The average Bonchev–Trinajstić information content (AvgIpc) is 2.72. The molecule has 0 atom stereocenters. The molecule has 1 saturated heterocycles. The smallest absolute Gasteiger partial charge is 0.228 e. The highest BCUT2D eigenvalue weighted by Crippen LogP contribution is 2.60. The van der Waals surface area contributed by atoms with E-state index >= 15 is 0 Å². The molecule has 1 aromatic rings. The summed E-state index contributed by atoms with van der Waals surface area (Å²) < 4.78 is 5.25. The van der Waals surface area contributed by atoms with E-state index in [1.807, 2.05) is 29.2 Å². The second-order valence-electron chi connectivity index (χ2n) is 9.90. The molecule has 0 spiro atoms. The van der Waals surface area contributed by atoms with Gasteiger partial charge in [0.1, 0.15) is 5.75 Å². The lowest BCUT2D eigenvalue weighted by molar-refractivity contribution is -0.160. The van der Waals surface area contributed by atoms with Gasteiger partial charge in [-0.25, -0.2) is 0 Å². The van der Waals surface area contributed by atoms with Crippen molar-refractivity contribution < 1.29 is 14.3 Å². The second kappa shape index (κ2) is 7.33. The normalized spacial score (nSPS) is 33.1. The molecule has 2 amide bonds. The van der Waals surface area contributed by atoms with E-state index in [1.54, 1.807) is 7.11 Å². The number of hydrogen-bond donors (Lipinski definition) is 0. The Balaban J connectivity index is 1.18. The molecule has 0 radical (unpaired) electrons. The van der Waals surface area contributed by atoms with Crippen LogP contribution in [0.1, 0.15) is 44.1 Å². The summed E-state index contributed by atoms with van der Waals surface area (Å²) in [5.74, 6) is 3.68. The number of piperazine rings is 1. The molecule has 5 fully saturated rings. The minimum atomic E-state index is -0.0679. The Labute approximate surface area is 173 Å². The number of hydrogen-bond acceptors (Lipinski definition) is 3. The molecule has 6 rings (SSSR count). The fraction of sp³-hybridized carbons (Fsp3) is 0.667. The SMILES string of the molecule is COc1cccc(CC(=O)N2CCN(C(=O)C34CC5CC(CC(C5)C3)C4)CC2)c1. The van der Waals surface area contributed by atoms with Crippen LogP contribution in [0.5, 0.6) is 5.75 Å². The molecule has 0 unspecified atom stereocenters. The zero-order valence-corrected chi connectivity index (χ0v) is 17.4. The molecule has 4 bridgehead atoms. The predicted molar refractivity (Wildman–Crippen MR) is 110 cm³/mol. The number of methoxy groups -OCH3 is 1. The summed E-state index contributed by atoms with van der Waals surface area (Å²) in [6, 6.07) is 7.70. The van der Waals surface area contributed by atoms with Gasteiger partial charge in [-0.15, -0.1) is 0 Å².